The molecular formula is C10H10BrF2NO. The fourth-order valence-electron chi connectivity index (χ4n) is 1.55. The second kappa shape index (κ2) is 3.42. The number of benzene rings is 1. The second-order valence-electron chi connectivity index (χ2n) is 3.72. The summed E-state index contributed by atoms with van der Waals surface area (Å²) in [7, 11) is 1.35. The van der Waals surface area contributed by atoms with E-state index in [9.17, 15) is 8.78 Å². The molecule has 0 heterocycles. The minimum atomic E-state index is -0.732. The number of methoxy groups -OCH3 is 1. The summed E-state index contributed by atoms with van der Waals surface area (Å²) in [5.74, 6) is -1.35. The molecule has 0 amide bonds. The summed E-state index contributed by atoms with van der Waals surface area (Å²) in [6, 6.07) is 1.24. The molecule has 0 saturated heterocycles. The van der Waals surface area contributed by atoms with Crippen molar-refractivity contribution in [1.82, 2.24) is 0 Å². The molecule has 0 spiro atoms. The average Bonchev–Trinajstić information content (AvgIpc) is 2.94. The summed E-state index contributed by atoms with van der Waals surface area (Å²) in [6.45, 7) is 0. The highest BCUT2D eigenvalue weighted by atomic mass is 79.9. The van der Waals surface area contributed by atoms with E-state index in [0.29, 0.717) is 5.56 Å². The van der Waals surface area contributed by atoms with Crippen LogP contribution in [0.2, 0.25) is 0 Å². The highest BCUT2D eigenvalue weighted by molar-refractivity contribution is 9.10. The average molecular weight is 278 g/mol. The third-order valence-corrected chi connectivity index (χ3v) is 3.37. The summed E-state index contributed by atoms with van der Waals surface area (Å²) in [5.41, 5.74) is 5.69. The zero-order valence-corrected chi connectivity index (χ0v) is 9.70. The van der Waals surface area contributed by atoms with Gasteiger partial charge in [-0.25, -0.2) is 8.78 Å². The lowest BCUT2D eigenvalue weighted by Gasteiger charge is -2.16. The van der Waals surface area contributed by atoms with Crippen LogP contribution in [0.15, 0.2) is 10.5 Å². The van der Waals surface area contributed by atoms with Gasteiger partial charge in [-0.1, -0.05) is 0 Å². The summed E-state index contributed by atoms with van der Waals surface area (Å²) in [4.78, 5) is 0. The van der Waals surface area contributed by atoms with Gasteiger partial charge in [0, 0.05) is 11.1 Å². The number of hydrogen-bond acceptors (Lipinski definition) is 2. The van der Waals surface area contributed by atoms with Gasteiger partial charge < -0.3 is 10.5 Å². The Morgan fingerprint density at radius 3 is 2.53 bits per heavy atom. The molecule has 1 saturated carbocycles. The molecule has 0 aliphatic heterocycles. The lowest BCUT2D eigenvalue weighted by molar-refractivity contribution is 0.371. The van der Waals surface area contributed by atoms with Crippen LogP contribution >= 0.6 is 15.9 Å². The predicted molar refractivity (Wildman–Crippen MR) is 55.7 cm³/mol. The van der Waals surface area contributed by atoms with Crippen molar-refractivity contribution in [3.8, 4) is 5.75 Å². The number of nitrogens with two attached hydrogens (primary N) is 1. The van der Waals surface area contributed by atoms with Gasteiger partial charge in [-0.05, 0) is 34.8 Å². The Kier molecular flexibility index (Phi) is 2.47. The molecule has 1 aliphatic carbocycles. The van der Waals surface area contributed by atoms with Gasteiger partial charge in [-0.2, -0.15) is 0 Å². The van der Waals surface area contributed by atoms with E-state index in [-0.39, 0.29) is 10.2 Å². The Morgan fingerprint density at radius 1 is 1.47 bits per heavy atom. The Hall–Kier alpha value is -0.680. The Bertz CT molecular complexity index is 418. The third kappa shape index (κ3) is 1.63. The number of halogens is 3. The maximum Gasteiger partial charge on any atom is 0.182 e. The van der Waals surface area contributed by atoms with Crippen LogP contribution in [-0.4, -0.2) is 7.11 Å². The number of rotatable bonds is 2. The minimum absolute atomic E-state index is 0.0308. The molecule has 1 fully saturated rings. The van der Waals surface area contributed by atoms with E-state index in [1.807, 2.05) is 0 Å². The summed E-state index contributed by atoms with van der Waals surface area (Å²) in [6.07, 6.45) is 1.45. The molecule has 1 aromatic rings. The molecule has 2 rings (SSSR count). The monoisotopic (exact) mass is 277 g/mol. The van der Waals surface area contributed by atoms with Crippen molar-refractivity contribution in [3.63, 3.8) is 0 Å². The Morgan fingerprint density at radius 2 is 2.07 bits per heavy atom. The fraction of sp³-hybridized carbons (Fsp3) is 0.400. The quantitative estimate of drug-likeness (QED) is 0.844. The molecule has 0 atom stereocenters. The van der Waals surface area contributed by atoms with E-state index in [4.69, 9.17) is 10.5 Å². The highest BCUT2D eigenvalue weighted by Crippen LogP contribution is 2.48. The van der Waals surface area contributed by atoms with E-state index in [0.717, 1.165) is 12.8 Å². The van der Waals surface area contributed by atoms with Gasteiger partial charge in [-0.15, -0.1) is 0 Å². The standard InChI is InChI=1S/C10H10BrF2NO/c1-15-9-5(10(14)2-3-10)4-6(12)7(11)8(9)13/h4H,2-3,14H2,1H3. The van der Waals surface area contributed by atoms with Crippen LogP contribution in [0, 0.1) is 11.6 Å². The second-order valence-corrected chi connectivity index (χ2v) is 4.52. The zero-order chi connectivity index (χ0) is 11.2. The van der Waals surface area contributed by atoms with Crippen LogP contribution in [0.1, 0.15) is 18.4 Å². The highest BCUT2D eigenvalue weighted by Gasteiger charge is 2.43. The zero-order valence-electron chi connectivity index (χ0n) is 8.11. The maximum absolute atomic E-state index is 13.6. The van der Waals surface area contributed by atoms with Crippen LogP contribution in [-0.2, 0) is 5.54 Å². The lowest BCUT2D eigenvalue weighted by atomic mass is 10.0. The third-order valence-electron chi connectivity index (χ3n) is 2.65. The molecule has 15 heavy (non-hydrogen) atoms. The summed E-state index contributed by atoms with van der Waals surface area (Å²) >= 11 is 2.82. The van der Waals surface area contributed by atoms with Crippen molar-refractivity contribution in [3.05, 3.63) is 27.7 Å². The largest absolute Gasteiger partial charge is 0.493 e. The maximum atomic E-state index is 13.6. The van der Waals surface area contributed by atoms with Crippen molar-refractivity contribution < 1.29 is 13.5 Å². The SMILES string of the molecule is COc1c(C2(N)CC2)cc(F)c(Br)c1F. The first-order chi connectivity index (χ1) is 6.99. The molecular weight excluding hydrogens is 268 g/mol. The van der Waals surface area contributed by atoms with Crippen molar-refractivity contribution in [1.29, 1.82) is 0 Å². The molecule has 0 unspecified atom stereocenters. The number of hydrogen-bond donors (Lipinski definition) is 1. The van der Waals surface area contributed by atoms with Gasteiger partial charge >= 0.3 is 0 Å². The smallest absolute Gasteiger partial charge is 0.182 e. The summed E-state index contributed by atoms with van der Waals surface area (Å²) < 4.78 is 31.6. The molecule has 0 bridgehead atoms. The molecule has 1 aliphatic rings. The first-order valence-electron chi connectivity index (χ1n) is 4.50. The molecule has 0 aromatic heterocycles. The van der Waals surface area contributed by atoms with E-state index in [1.165, 1.54) is 13.2 Å². The minimum Gasteiger partial charge on any atom is -0.493 e. The first kappa shape index (κ1) is 10.8. The molecule has 1 aromatic carbocycles. The van der Waals surface area contributed by atoms with Gasteiger partial charge in [0.1, 0.15) is 5.82 Å². The molecule has 5 heteroatoms. The van der Waals surface area contributed by atoms with Gasteiger partial charge in [0.25, 0.3) is 0 Å². The predicted octanol–water partition coefficient (Wildman–Crippen LogP) is 2.68. The van der Waals surface area contributed by atoms with E-state index in [1.54, 1.807) is 0 Å². The molecule has 2 nitrogen and oxygen atoms in total. The number of ether oxygens (including phenoxy) is 1. The van der Waals surface area contributed by atoms with Crippen molar-refractivity contribution in [2.45, 2.75) is 18.4 Å². The molecule has 2 N–H and O–H groups in total. The van der Waals surface area contributed by atoms with Gasteiger partial charge in [0.05, 0.1) is 11.6 Å². The van der Waals surface area contributed by atoms with Crippen LogP contribution in [0.25, 0.3) is 0 Å². The van der Waals surface area contributed by atoms with Crippen molar-refractivity contribution in [2.24, 2.45) is 5.73 Å². The fourth-order valence-corrected chi connectivity index (χ4v) is 1.85. The van der Waals surface area contributed by atoms with Crippen LogP contribution in [0.5, 0.6) is 5.75 Å². The van der Waals surface area contributed by atoms with Crippen LogP contribution in [0.4, 0.5) is 8.78 Å². The van der Waals surface area contributed by atoms with Crippen molar-refractivity contribution >= 4 is 15.9 Å². The van der Waals surface area contributed by atoms with E-state index >= 15 is 0 Å². The molecule has 0 radical (unpaired) electrons. The van der Waals surface area contributed by atoms with Crippen LogP contribution < -0.4 is 10.5 Å². The van der Waals surface area contributed by atoms with E-state index in [2.05, 4.69) is 15.9 Å². The van der Waals surface area contributed by atoms with Gasteiger partial charge in [0.2, 0.25) is 0 Å². The van der Waals surface area contributed by atoms with Crippen molar-refractivity contribution in [2.75, 3.05) is 7.11 Å². The normalized spacial score (nSPS) is 17.7. The van der Waals surface area contributed by atoms with Crippen LogP contribution in [0.3, 0.4) is 0 Å². The van der Waals surface area contributed by atoms with E-state index < -0.39 is 17.2 Å². The first-order valence-corrected chi connectivity index (χ1v) is 5.30. The molecule has 82 valence electrons. The Labute approximate surface area is 94.5 Å². The topological polar surface area (TPSA) is 35.2 Å². The van der Waals surface area contributed by atoms with Gasteiger partial charge in [-0.3, -0.25) is 0 Å². The Balaban J connectivity index is 2.63. The summed E-state index contributed by atoms with van der Waals surface area (Å²) in [5, 5.41) is 0. The lowest BCUT2D eigenvalue weighted by Crippen LogP contribution is -2.20. The van der Waals surface area contributed by atoms with Gasteiger partial charge in [0.15, 0.2) is 11.6 Å².